The zero-order valence-corrected chi connectivity index (χ0v) is 8.45. The fourth-order valence-corrected chi connectivity index (χ4v) is 1.82. The number of oxime groups is 1. The van der Waals surface area contributed by atoms with Crippen molar-refractivity contribution in [2.75, 3.05) is 0 Å². The largest absolute Gasteiger partial charge is 0.445 e. The topological polar surface area (TPSA) is 58.6 Å². The molecule has 0 saturated heterocycles. The van der Waals surface area contributed by atoms with Crippen LogP contribution < -0.4 is 0 Å². The van der Waals surface area contributed by atoms with Crippen molar-refractivity contribution in [2.45, 2.75) is 33.1 Å². The van der Waals surface area contributed by atoms with Gasteiger partial charge in [-0.3, -0.25) is 0 Å². The van der Waals surface area contributed by atoms with E-state index in [1.54, 1.807) is 0 Å². The van der Waals surface area contributed by atoms with Gasteiger partial charge in [-0.2, -0.15) is 0 Å². The van der Waals surface area contributed by atoms with Gasteiger partial charge in [-0.25, -0.2) is 4.98 Å². The van der Waals surface area contributed by atoms with E-state index in [1.807, 2.05) is 6.92 Å². The molecule has 0 bridgehead atoms. The van der Waals surface area contributed by atoms with Crippen molar-refractivity contribution >= 4 is 5.71 Å². The fourth-order valence-electron chi connectivity index (χ4n) is 1.82. The molecule has 14 heavy (non-hydrogen) atoms. The molecule has 2 rings (SSSR count). The standard InChI is InChI=1S/C10H14N2O2/c1-3-9-11-10-7(12-13)4-6(2)5-8(10)14-9/h6,13H,3-5H2,1-2H3. The van der Waals surface area contributed by atoms with Crippen LogP contribution in [-0.2, 0) is 12.8 Å². The molecule has 1 heterocycles. The maximum atomic E-state index is 8.84. The minimum atomic E-state index is 0.464. The van der Waals surface area contributed by atoms with E-state index < -0.39 is 0 Å². The third kappa shape index (κ3) is 1.41. The fraction of sp³-hybridized carbons (Fsp3) is 0.600. The van der Waals surface area contributed by atoms with Crippen LogP contribution in [-0.4, -0.2) is 15.9 Å². The number of fused-ring (bicyclic) bond motifs is 1. The molecule has 1 unspecified atom stereocenters. The maximum absolute atomic E-state index is 8.84. The summed E-state index contributed by atoms with van der Waals surface area (Å²) in [6, 6.07) is 0. The number of hydrogen-bond donors (Lipinski definition) is 1. The number of aryl methyl sites for hydroxylation is 1. The van der Waals surface area contributed by atoms with Gasteiger partial charge >= 0.3 is 0 Å². The first-order valence-electron chi connectivity index (χ1n) is 4.94. The van der Waals surface area contributed by atoms with Crippen molar-refractivity contribution in [1.82, 2.24) is 4.98 Å². The van der Waals surface area contributed by atoms with Gasteiger partial charge in [0, 0.05) is 12.8 Å². The van der Waals surface area contributed by atoms with Crippen LogP contribution in [0, 0.1) is 5.92 Å². The van der Waals surface area contributed by atoms with Crippen molar-refractivity contribution in [2.24, 2.45) is 11.1 Å². The molecule has 1 aromatic rings. The predicted octanol–water partition coefficient (Wildman–Crippen LogP) is 2.00. The number of oxazole rings is 1. The van der Waals surface area contributed by atoms with E-state index in [0.29, 0.717) is 11.6 Å². The Morgan fingerprint density at radius 2 is 2.36 bits per heavy atom. The van der Waals surface area contributed by atoms with Crippen molar-refractivity contribution < 1.29 is 9.62 Å². The Labute approximate surface area is 82.6 Å². The maximum Gasteiger partial charge on any atom is 0.194 e. The van der Waals surface area contributed by atoms with Gasteiger partial charge in [0.1, 0.15) is 17.2 Å². The van der Waals surface area contributed by atoms with E-state index >= 15 is 0 Å². The van der Waals surface area contributed by atoms with Gasteiger partial charge in [-0.1, -0.05) is 19.0 Å². The highest BCUT2D eigenvalue weighted by atomic mass is 16.4. The molecule has 0 aromatic carbocycles. The monoisotopic (exact) mass is 194 g/mol. The van der Waals surface area contributed by atoms with Gasteiger partial charge in [-0.05, 0) is 12.3 Å². The summed E-state index contributed by atoms with van der Waals surface area (Å²) in [7, 11) is 0. The van der Waals surface area contributed by atoms with Gasteiger partial charge in [0.2, 0.25) is 0 Å². The summed E-state index contributed by atoms with van der Waals surface area (Å²) >= 11 is 0. The van der Waals surface area contributed by atoms with Crippen molar-refractivity contribution in [1.29, 1.82) is 0 Å². The molecule has 0 fully saturated rings. The van der Waals surface area contributed by atoms with E-state index in [1.165, 1.54) is 0 Å². The van der Waals surface area contributed by atoms with Crippen LogP contribution in [0.1, 0.15) is 37.6 Å². The summed E-state index contributed by atoms with van der Waals surface area (Å²) < 4.78 is 5.55. The summed E-state index contributed by atoms with van der Waals surface area (Å²) in [5, 5.41) is 12.1. The van der Waals surface area contributed by atoms with Gasteiger partial charge < -0.3 is 9.62 Å². The van der Waals surface area contributed by atoms with Gasteiger partial charge in [0.15, 0.2) is 5.89 Å². The molecular weight excluding hydrogens is 180 g/mol. The van der Waals surface area contributed by atoms with Crippen molar-refractivity contribution in [3.05, 3.63) is 17.3 Å². The zero-order chi connectivity index (χ0) is 10.1. The van der Waals surface area contributed by atoms with Gasteiger partial charge in [0.05, 0.1) is 0 Å². The summed E-state index contributed by atoms with van der Waals surface area (Å²) in [4.78, 5) is 4.30. The third-order valence-corrected chi connectivity index (χ3v) is 2.51. The van der Waals surface area contributed by atoms with E-state index in [-0.39, 0.29) is 0 Å². The molecule has 1 atom stereocenters. The first-order chi connectivity index (χ1) is 6.74. The molecule has 0 radical (unpaired) electrons. The van der Waals surface area contributed by atoms with E-state index in [0.717, 1.165) is 36.6 Å². The van der Waals surface area contributed by atoms with Crippen molar-refractivity contribution in [3.63, 3.8) is 0 Å². The second-order valence-electron chi connectivity index (χ2n) is 3.79. The van der Waals surface area contributed by atoms with Gasteiger partial charge in [-0.15, -0.1) is 0 Å². The van der Waals surface area contributed by atoms with Crippen LogP contribution in [0.3, 0.4) is 0 Å². The molecule has 0 amide bonds. The molecule has 0 saturated carbocycles. The Bertz CT molecular complexity index is 368. The Morgan fingerprint density at radius 3 is 3.00 bits per heavy atom. The Kier molecular flexibility index (Phi) is 2.27. The SMILES string of the molecule is CCc1nc2c(o1)CC(C)CC2=NO. The molecule has 0 aliphatic heterocycles. The molecule has 76 valence electrons. The van der Waals surface area contributed by atoms with Crippen LogP contribution in [0.2, 0.25) is 0 Å². The number of hydrogen-bond acceptors (Lipinski definition) is 4. The quantitative estimate of drug-likeness (QED) is 0.549. The molecule has 0 spiro atoms. The zero-order valence-electron chi connectivity index (χ0n) is 8.45. The summed E-state index contributed by atoms with van der Waals surface area (Å²) in [6.07, 6.45) is 2.45. The molecule has 1 N–H and O–H groups in total. The number of rotatable bonds is 1. The van der Waals surface area contributed by atoms with Crippen LogP contribution in [0.15, 0.2) is 9.57 Å². The number of nitrogens with zero attached hydrogens (tertiary/aromatic N) is 2. The minimum absolute atomic E-state index is 0.464. The highest BCUT2D eigenvalue weighted by molar-refractivity contribution is 6.00. The lowest BCUT2D eigenvalue weighted by molar-refractivity contribution is 0.314. The van der Waals surface area contributed by atoms with E-state index in [9.17, 15) is 0 Å². The Hall–Kier alpha value is -1.32. The summed E-state index contributed by atoms with van der Waals surface area (Å²) in [6.45, 7) is 4.11. The van der Waals surface area contributed by atoms with Crippen molar-refractivity contribution in [3.8, 4) is 0 Å². The molecule has 1 aliphatic rings. The molecule has 4 heteroatoms. The average Bonchev–Trinajstić information content (AvgIpc) is 2.59. The molecule has 4 nitrogen and oxygen atoms in total. The first-order valence-corrected chi connectivity index (χ1v) is 4.94. The highest BCUT2D eigenvalue weighted by Gasteiger charge is 2.26. The highest BCUT2D eigenvalue weighted by Crippen LogP contribution is 2.26. The smallest absolute Gasteiger partial charge is 0.194 e. The third-order valence-electron chi connectivity index (χ3n) is 2.51. The molecule has 1 aromatic heterocycles. The summed E-state index contributed by atoms with van der Waals surface area (Å²) in [5.41, 5.74) is 1.41. The lowest BCUT2D eigenvalue weighted by Gasteiger charge is -2.15. The van der Waals surface area contributed by atoms with Crippen LogP contribution >= 0.6 is 0 Å². The predicted molar refractivity (Wildman–Crippen MR) is 51.7 cm³/mol. The van der Waals surface area contributed by atoms with E-state index in [4.69, 9.17) is 9.62 Å². The Morgan fingerprint density at radius 1 is 1.57 bits per heavy atom. The van der Waals surface area contributed by atoms with Crippen LogP contribution in [0.4, 0.5) is 0 Å². The summed E-state index contributed by atoms with van der Waals surface area (Å²) in [5.74, 6) is 2.06. The Balaban J connectivity index is 2.44. The van der Waals surface area contributed by atoms with Gasteiger partial charge in [0.25, 0.3) is 0 Å². The van der Waals surface area contributed by atoms with E-state index in [2.05, 4.69) is 17.1 Å². The normalized spacial score (nSPS) is 23.9. The second-order valence-corrected chi connectivity index (χ2v) is 3.79. The lowest BCUT2D eigenvalue weighted by atomic mass is 9.91. The lowest BCUT2D eigenvalue weighted by Crippen LogP contribution is -2.18. The first kappa shape index (κ1) is 9.24. The molecular formula is C10H14N2O2. The average molecular weight is 194 g/mol. The van der Waals surface area contributed by atoms with Crippen LogP contribution in [0.5, 0.6) is 0 Å². The second kappa shape index (κ2) is 3.44. The van der Waals surface area contributed by atoms with Crippen LogP contribution in [0.25, 0.3) is 0 Å². The number of aromatic nitrogens is 1. The molecule has 1 aliphatic carbocycles. The minimum Gasteiger partial charge on any atom is -0.445 e.